The number of amides is 2. The zero-order valence-electron chi connectivity index (χ0n) is 20.1. The van der Waals surface area contributed by atoms with Crippen molar-refractivity contribution >= 4 is 23.2 Å². The first-order chi connectivity index (χ1) is 16.8. The van der Waals surface area contributed by atoms with Crippen molar-refractivity contribution in [2.75, 3.05) is 49.2 Å². The van der Waals surface area contributed by atoms with Gasteiger partial charge in [0.2, 0.25) is 11.8 Å². The van der Waals surface area contributed by atoms with Gasteiger partial charge in [0.1, 0.15) is 5.82 Å². The molecule has 3 heterocycles. The van der Waals surface area contributed by atoms with Crippen LogP contribution in [-0.4, -0.2) is 56.1 Å². The molecule has 0 aromatic heterocycles. The van der Waals surface area contributed by atoms with Crippen molar-refractivity contribution in [1.29, 1.82) is 5.26 Å². The number of fused-ring (bicyclic) bond motifs is 1. The Labute approximate surface area is 204 Å². The monoisotopic (exact) mass is 476 g/mol. The van der Waals surface area contributed by atoms with Crippen molar-refractivity contribution in [1.82, 2.24) is 4.90 Å². The van der Waals surface area contributed by atoms with Crippen molar-refractivity contribution in [3.63, 3.8) is 0 Å². The van der Waals surface area contributed by atoms with Crippen LogP contribution >= 0.6 is 0 Å². The van der Waals surface area contributed by atoms with Gasteiger partial charge in [-0.25, -0.2) is 4.39 Å². The Morgan fingerprint density at radius 2 is 2.00 bits per heavy atom. The van der Waals surface area contributed by atoms with Gasteiger partial charge in [-0.15, -0.1) is 0 Å². The fourth-order valence-electron chi connectivity index (χ4n) is 5.34. The Kier molecular flexibility index (Phi) is 6.07. The highest BCUT2D eigenvalue weighted by atomic mass is 19.1. The predicted molar refractivity (Wildman–Crippen MR) is 129 cm³/mol. The third kappa shape index (κ3) is 4.42. The Morgan fingerprint density at radius 1 is 1.23 bits per heavy atom. The lowest BCUT2D eigenvalue weighted by atomic mass is 9.86. The number of carbonyl (C=O) groups is 2. The molecule has 1 unspecified atom stereocenters. The van der Waals surface area contributed by atoms with Gasteiger partial charge in [-0.05, 0) is 35.9 Å². The molecule has 5 rings (SSSR count). The van der Waals surface area contributed by atoms with E-state index >= 15 is 4.39 Å². The summed E-state index contributed by atoms with van der Waals surface area (Å²) >= 11 is 0. The molecule has 35 heavy (non-hydrogen) atoms. The van der Waals surface area contributed by atoms with Gasteiger partial charge in [0.15, 0.2) is 0 Å². The maximum absolute atomic E-state index is 15.2. The number of ether oxygens (including phenoxy) is 1. The zero-order valence-corrected chi connectivity index (χ0v) is 20.1. The Bertz CT molecular complexity index is 1220. The molecule has 8 heteroatoms. The summed E-state index contributed by atoms with van der Waals surface area (Å²) in [7, 11) is 0. The summed E-state index contributed by atoms with van der Waals surface area (Å²) in [5.74, 6) is -1.15. The number of halogens is 1. The van der Waals surface area contributed by atoms with E-state index in [0.29, 0.717) is 48.8 Å². The highest BCUT2D eigenvalue weighted by Crippen LogP contribution is 2.43. The second kappa shape index (κ2) is 9.06. The van der Waals surface area contributed by atoms with Gasteiger partial charge in [-0.3, -0.25) is 14.5 Å². The van der Waals surface area contributed by atoms with Gasteiger partial charge in [0, 0.05) is 55.8 Å². The number of morpholine rings is 1. The molecular formula is C27H29FN4O3. The van der Waals surface area contributed by atoms with Crippen LogP contribution in [0.25, 0.3) is 0 Å². The van der Waals surface area contributed by atoms with Crippen LogP contribution in [0.15, 0.2) is 36.4 Å². The summed E-state index contributed by atoms with van der Waals surface area (Å²) in [6.07, 6.45) is 0.0967. The Balaban J connectivity index is 1.37. The van der Waals surface area contributed by atoms with Crippen LogP contribution in [0.5, 0.6) is 0 Å². The summed E-state index contributed by atoms with van der Waals surface area (Å²) in [5.41, 5.74) is 2.93. The maximum Gasteiger partial charge on any atom is 0.232 e. The number of carbonyl (C=O) groups excluding carboxylic acids is 2. The van der Waals surface area contributed by atoms with Crippen molar-refractivity contribution in [3.05, 3.63) is 58.9 Å². The highest BCUT2D eigenvalue weighted by molar-refractivity contribution is 6.05. The molecule has 2 amide bonds. The number of benzene rings is 2. The molecule has 0 saturated carbocycles. The molecule has 3 aliphatic rings. The lowest BCUT2D eigenvalue weighted by Gasteiger charge is -2.27. The standard InChI is InChI=1S/C27H29FN4O3/c1-27(2)17-32(24-13-23(28)19(11-22(24)27)15-30-6-8-35-9-7-30)26(34)20-12-25(33)31(16-20)21-5-3-4-18(10-21)14-29/h3-5,10-11,13,20H,6-9,12,15-17H2,1-2H3. The molecule has 3 aliphatic heterocycles. The maximum atomic E-state index is 15.2. The molecule has 7 nitrogen and oxygen atoms in total. The van der Waals surface area contributed by atoms with E-state index in [9.17, 15) is 14.9 Å². The SMILES string of the molecule is CC1(C)CN(C(=O)C2CC(=O)N(c3cccc(C#N)c3)C2)c2cc(F)c(CN3CCOCC3)cc21. The van der Waals surface area contributed by atoms with Crippen LogP contribution in [0.2, 0.25) is 0 Å². The summed E-state index contributed by atoms with van der Waals surface area (Å²) < 4.78 is 20.6. The van der Waals surface area contributed by atoms with Crippen LogP contribution < -0.4 is 9.80 Å². The molecule has 0 spiro atoms. The van der Waals surface area contributed by atoms with Gasteiger partial charge in [-0.2, -0.15) is 5.26 Å². The molecule has 2 saturated heterocycles. The Hall–Kier alpha value is -3.28. The molecule has 2 aromatic carbocycles. The number of rotatable bonds is 4. The molecule has 0 N–H and O–H groups in total. The lowest BCUT2D eigenvalue weighted by molar-refractivity contribution is -0.124. The van der Waals surface area contributed by atoms with E-state index in [1.807, 2.05) is 6.07 Å². The smallest absolute Gasteiger partial charge is 0.232 e. The zero-order chi connectivity index (χ0) is 24.7. The van der Waals surface area contributed by atoms with Crippen molar-refractivity contribution < 1.29 is 18.7 Å². The summed E-state index contributed by atoms with van der Waals surface area (Å²) in [6.45, 7) is 8.18. The molecule has 2 fully saturated rings. The van der Waals surface area contributed by atoms with E-state index in [-0.39, 0.29) is 36.0 Å². The van der Waals surface area contributed by atoms with E-state index < -0.39 is 5.92 Å². The van der Waals surface area contributed by atoms with Gasteiger partial charge in [0.25, 0.3) is 0 Å². The average molecular weight is 477 g/mol. The van der Waals surface area contributed by atoms with Crippen LogP contribution in [0.1, 0.15) is 37.0 Å². The summed E-state index contributed by atoms with van der Waals surface area (Å²) in [5, 5.41) is 9.18. The second-order valence-electron chi connectivity index (χ2n) is 10.2. The van der Waals surface area contributed by atoms with Crippen LogP contribution in [-0.2, 0) is 26.3 Å². The minimum atomic E-state index is -0.522. The van der Waals surface area contributed by atoms with Crippen LogP contribution in [0.4, 0.5) is 15.8 Å². The fraction of sp³-hybridized carbons (Fsp3) is 0.444. The number of hydrogen-bond donors (Lipinski definition) is 0. The van der Waals surface area contributed by atoms with Gasteiger partial charge in [0.05, 0.1) is 36.5 Å². The molecule has 0 bridgehead atoms. The minimum Gasteiger partial charge on any atom is -0.379 e. The predicted octanol–water partition coefficient (Wildman–Crippen LogP) is 3.21. The summed E-state index contributed by atoms with van der Waals surface area (Å²) in [6, 6.07) is 12.3. The minimum absolute atomic E-state index is 0.0967. The molecular weight excluding hydrogens is 447 g/mol. The van der Waals surface area contributed by atoms with Gasteiger partial charge >= 0.3 is 0 Å². The van der Waals surface area contributed by atoms with Crippen molar-refractivity contribution in [2.45, 2.75) is 32.2 Å². The first-order valence-electron chi connectivity index (χ1n) is 12.0. The Morgan fingerprint density at radius 3 is 2.74 bits per heavy atom. The molecule has 0 radical (unpaired) electrons. The van der Waals surface area contributed by atoms with Crippen LogP contribution in [0, 0.1) is 23.1 Å². The third-order valence-electron chi connectivity index (χ3n) is 7.26. The largest absolute Gasteiger partial charge is 0.379 e. The van der Waals surface area contributed by atoms with Gasteiger partial charge < -0.3 is 14.5 Å². The topological polar surface area (TPSA) is 76.9 Å². The highest BCUT2D eigenvalue weighted by Gasteiger charge is 2.44. The number of nitrogens with zero attached hydrogens (tertiary/aromatic N) is 4. The molecule has 0 aliphatic carbocycles. The quantitative estimate of drug-likeness (QED) is 0.677. The van der Waals surface area contributed by atoms with E-state index in [1.54, 1.807) is 34.1 Å². The lowest BCUT2D eigenvalue weighted by Crippen LogP contribution is -2.39. The van der Waals surface area contributed by atoms with Crippen molar-refractivity contribution in [3.8, 4) is 6.07 Å². The molecule has 182 valence electrons. The first kappa shape index (κ1) is 23.5. The number of nitriles is 1. The summed E-state index contributed by atoms with van der Waals surface area (Å²) in [4.78, 5) is 31.8. The average Bonchev–Trinajstić information content (AvgIpc) is 3.36. The van der Waals surface area contributed by atoms with E-state index in [0.717, 1.165) is 18.7 Å². The third-order valence-corrected chi connectivity index (χ3v) is 7.26. The van der Waals surface area contributed by atoms with E-state index in [1.165, 1.54) is 6.07 Å². The second-order valence-corrected chi connectivity index (χ2v) is 10.2. The van der Waals surface area contributed by atoms with E-state index in [2.05, 4.69) is 24.8 Å². The van der Waals surface area contributed by atoms with E-state index in [4.69, 9.17) is 4.74 Å². The first-order valence-corrected chi connectivity index (χ1v) is 12.0. The normalized spacial score (nSPS) is 21.8. The van der Waals surface area contributed by atoms with Crippen LogP contribution in [0.3, 0.4) is 0 Å². The number of anilines is 2. The molecule has 2 aromatic rings. The molecule has 1 atom stereocenters. The fourth-order valence-corrected chi connectivity index (χ4v) is 5.34. The van der Waals surface area contributed by atoms with Crippen molar-refractivity contribution in [2.24, 2.45) is 5.92 Å². The number of hydrogen-bond acceptors (Lipinski definition) is 5. The van der Waals surface area contributed by atoms with Gasteiger partial charge in [-0.1, -0.05) is 19.9 Å².